The van der Waals surface area contributed by atoms with Gasteiger partial charge < -0.3 is 33.7 Å². The smallest absolute Gasteiger partial charge is 0.290 e. The molecule has 40 heavy (non-hydrogen) atoms. The van der Waals surface area contributed by atoms with E-state index in [2.05, 4.69) is 0 Å². The minimum atomic E-state index is -1.01. The highest BCUT2D eigenvalue weighted by atomic mass is 35.5. The number of carbonyl (C=O) groups is 2. The number of aliphatic hydroxyl groups is 1. The summed E-state index contributed by atoms with van der Waals surface area (Å²) >= 11 is 6.19. The number of aliphatic hydroxyl groups excluding tert-OH is 1. The summed E-state index contributed by atoms with van der Waals surface area (Å²) in [6.45, 7) is 2.12. The number of fused-ring (bicyclic) bond motifs is 1. The Morgan fingerprint density at radius 1 is 1.00 bits per heavy atom. The molecule has 0 saturated heterocycles. The highest BCUT2D eigenvalue weighted by Gasteiger charge is 2.45. The van der Waals surface area contributed by atoms with E-state index in [0.29, 0.717) is 33.1 Å². The number of Topliss-reactive ketones (excluding diaryl/α,β-unsaturated/α-hetero) is 1. The van der Waals surface area contributed by atoms with Gasteiger partial charge in [0.25, 0.3) is 5.91 Å². The number of nitrogens with zero attached hydrogens (tertiary/aromatic N) is 1. The van der Waals surface area contributed by atoms with Gasteiger partial charge in [-0.1, -0.05) is 29.8 Å². The van der Waals surface area contributed by atoms with Crippen molar-refractivity contribution in [1.82, 2.24) is 4.90 Å². The van der Waals surface area contributed by atoms with E-state index in [-0.39, 0.29) is 36.0 Å². The third-order valence-corrected chi connectivity index (χ3v) is 6.87. The maximum atomic E-state index is 13.9. The fraction of sp³-hybridized carbons (Fsp3) is 0.200. The second-order valence-electron chi connectivity index (χ2n) is 9.07. The highest BCUT2D eigenvalue weighted by Crippen LogP contribution is 2.43. The highest BCUT2D eigenvalue weighted by molar-refractivity contribution is 6.31. The zero-order valence-corrected chi connectivity index (χ0v) is 22.7. The number of hydrogen-bond acceptors (Lipinski definition) is 8. The van der Waals surface area contributed by atoms with Crippen molar-refractivity contribution < 1.29 is 38.4 Å². The number of benzene rings is 3. The number of furan rings is 1. The summed E-state index contributed by atoms with van der Waals surface area (Å²) in [7, 11) is 3.00. The Labute approximate surface area is 234 Å². The minimum Gasteiger partial charge on any atom is -0.504 e. The maximum absolute atomic E-state index is 13.9. The molecule has 2 heterocycles. The maximum Gasteiger partial charge on any atom is 0.290 e. The molecular formula is C30H26ClNO8. The van der Waals surface area contributed by atoms with E-state index in [1.54, 1.807) is 62.6 Å². The Morgan fingerprint density at radius 3 is 2.42 bits per heavy atom. The molecule has 5 rings (SSSR count). The summed E-state index contributed by atoms with van der Waals surface area (Å²) in [5.41, 5.74) is 1.32. The fourth-order valence-corrected chi connectivity index (χ4v) is 4.99. The van der Waals surface area contributed by atoms with Crippen LogP contribution >= 0.6 is 11.6 Å². The number of halogens is 1. The molecule has 10 heteroatoms. The number of hydrogen-bond donors (Lipinski definition) is 2. The van der Waals surface area contributed by atoms with Crippen molar-refractivity contribution in [3.05, 3.63) is 93.9 Å². The van der Waals surface area contributed by atoms with Gasteiger partial charge in [0, 0.05) is 23.0 Å². The molecular weight excluding hydrogens is 538 g/mol. The molecule has 206 valence electrons. The molecule has 0 spiro atoms. The molecule has 2 N–H and O–H groups in total. The lowest BCUT2D eigenvalue weighted by Crippen LogP contribution is -2.30. The summed E-state index contributed by atoms with van der Waals surface area (Å²) in [5.74, 6) is -1.16. The third kappa shape index (κ3) is 4.80. The molecule has 0 radical (unpaired) electrons. The number of rotatable bonds is 9. The van der Waals surface area contributed by atoms with Crippen molar-refractivity contribution in [1.29, 1.82) is 0 Å². The van der Waals surface area contributed by atoms with Crippen molar-refractivity contribution in [2.75, 3.05) is 20.8 Å². The number of phenols is 1. The predicted octanol–water partition coefficient (Wildman–Crippen LogP) is 5.99. The largest absolute Gasteiger partial charge is 0.504 e. The van der Waals surface area contributed by atoms with Gasteiger partial charge in [-0.2, -0.15) is 0 Å². The van der Waals surface area contributed by atoms with Crippen LogP contribution in [-0.2, 0) is 11.3 Å². The van der Waals surface area contributed by atoms with Gasteiger partial charge in [0.05, 0.1) is 32.4 Å². The zero-order chi connectivity index (χ0) is 28.6. The summed E-state index contributed by atoms with van der Waals surface area (Å²) in [5, 5.41) is 22.3. The van der Waals surface area contributed by atoms with Gasteiger partial charge in [-0.3, -0.25) is 9.59 Å². The first-order chi connectivity index (χ1) is 19.2. The van der Waals surface area contributed by atoms with Gasteiger partial charge >= 0.3 is 0 Å². The van der Waals surface area contributed by atoms with Gasteiger partial charge in [-0.25, -0.2) is 0 Å². The van der Waals surface area contributed by atoms with Crippen molar-refractivity contribution in [3.63, 3.8) is 0 Å². The lowest BCUT2D eigenvalue weighted by atomic mass is 9.94. The van der Waals surface area contributed by atoms with Crippen molar-refractivity contribution >= 4 is 34.3 Å². The van der Waals surface area contributed by atoms with Crippen molar-refractivity contribution in [3.8, 4) is 23.0 Å². The molecule has 0 bridgehead atoms. The van der Waals surface area contributed by atoms with Crippen LogP contribution in [0.1, 0.15) is 34.6 Å². The first-order valence-electron chi connectivity index (χ1n) is 12.4. The first-order valence-corrected chi connectivity index (χ1v) is 12.8. The Hall–Kier alpha value is -4.63. The summed E-state index contributed by atoms with van der Waals surface area (Å²) < 4.78 is 22.0. The number of phenolic OH excluding ortho intramolecular Hbond substituents is 1. The molecule has 1 atom stereocenters. The monoisotopic (exact) mass is 563 g/mol. The molecule has 9 nitrogen and oxygen atoms in total. The van der Waals surface area contributed by atoms with E-state index < -0.39 is 23.5 Å². The zero-order valence-electron chi connectivity index (χ0n) is 21.9. The second kappa shape index (κ2) is 10.9. The van der Waals surface area contributed by atoms with E-state index in [4.69, 9.17) is 30.2 Å². The van der Waals surface area contributed by atoms with Crippen LogP contribution < -0.4 is 14.2 Å². The van der Waals surface area contributed by atoms with Crippen LogP contribution in [0, 0.1) is 0 Å². The average Bonchev–Trinajstić information content (AvgIpc) is 3.49. The van der Waals surface area contributed by atoms with E-state index in [9.17, 15) is 19.8 Å². The Bertz CT molecular complexity index is 1640. The standard InChI is InChI=1S/C30H26ClNO8/c1-4-39-22-12-17(7-10-21(22)33)26-25(27(34)23-13-18-11-19(31)14-24(38-3)29(18)40-23)28(35)30(36)32(26)15-16-5-8-20(37-2)9-6-16/h5-14,26,33,35H,4,15H2,1-3H3. The molecule has 4 aromatic rings. The fourth-order valence-electron chi connectivity index (χ4n) is 4.78. The van der Waals surface area contributed by atoms with Gasteiger partial charge in [-0.05, 0) is 54.4 Å². The Morgan fingerprint density at radius 2 is 1.75 bits per heavy atom. The van der Waals surface area contributed by atoms with Gasteiger partial charge in [0.15, 0.2) is 34.4 Å². The van der Waals surface area contributed by atoms with Crippen LogP contribution in [0.4, 0.5) is 0 Å². The van der Waals surface area contributed by atoms with Gasteiger partial charge in [-0.15, -0.1) is 0 Å². The predicted molar refractivity (Wildman–Crippen MR) is 147 cm³/mol. The normalized spacial score (nSPS) is 15.2. The second-order valence-corrected chi connectivity index (χ2v) is 9.51. The van der Waals surface area contributed by atoms with Crippen LogP contribution in [0.15, 0.2) is 76.4 Å². The number of aromatic hydroxyl groups is 1. The Balaban J connectivity index is 1.62. The van der Waals surface area contributed by atoms with E-state index >= 15 is 0 Å². The third-order valence-electron chi connectivity index (χ3n) is 6.65. The number of carbonyl (C=O) groups excluding carboxylic acids is 2. The summed E-state index contributed by atoms with van der Waals surface area (Å²) in [6, 6.07) is 15.3. The van der Waals surface area contributed by atoms with Crippen LogP contribution in [-0.4, -0.2) is 47.6 Å². The SMILES string of the molecule is CCOc1cc(C2C(C(=O)c3cc4cc(Cl)cc(OC)c4o3)=C(O)C(=O)N2Cc2ccc(OC)cc2)ccc1O. The molecule has 1 aliphatic heterocycles. The molecule has 1 unspecified atom stereocenters. The van der Waals surface area contributed by atoms with Crippen molar-refractivity contribution in [2.45, 2.75) is 19.5 Å². The lowest BCUT2D eigenvalue weighted by molar-refractivity contribution is -0.130. The number of ketones is 1. The van der Waals surface area contributed by atoms with E-state index in [1.807, 2.05) is 0 Å². The van der Waals surface area contributed by atoms with Crippen molar-refractivity contribution in [2.24, 2.45) is 0 Å². The van der Waals surface area contributed by atoms with E-state index in [1.165, 1.54) is 24.1 Å². The number of ether oxygens (including phenoxy) is 3. The topological polar surface area (TPSA) is 119 Å². The average molecular weight is 564 g/mol. The molecule has 0 aliphatic carbocycles. The number of methoxy groups -OCH3 is 2. The molecule has 0 fully saturated rings. The van der Waals surface area contributed by atoms with Crippen LogP contribution in [0.2, 0.25) is 5.02 Å². The number of amides is 1. The minimum absolute atomic E-state index is 0.0722. The molecule has 1 aromatic heterocycles. The van der Waals surface area contributed by atoms with Crippen LogP contribution in [0.5, 0.6) is 23.0 Å². The molecule has 1 amide bonds. The van der Waals surface area contributed by atoms with E-state index in [0.717, 1.165) is 5.56 Å². The molecule has 3 aromatic carbocycles. The quantitative estimate of drug-likeness (QED) is 0.238. The van der Waals surface area contributed by atoms with Crippen LogP contribution in [0.3, 0.4) is 0 Å². The van der Waals surface area contributed by atoms with Gasteiger partial charge in [0.2, 0.25) is 5.78 Å². The lowest BCUT2D eigenvalue weighted by Gasteiger charge is -2.27. The Kier molecular flexibility index (Phi) is 7.32. The first kappa shape index (κ1) is 27.0. The summed E-state index contributed by atoms with van der Waals surface area (Å²) in [4.78, 5) is 28.8. The van der Waals surface area contributed by atoms with Crippen LogP contribution in [0.25, 0.3) is 11.0 Å². The molecule has 1 aliphatic rings. The summed E-state index contributed by atoms with van der Waals surface area (Å²) in [6.07, 6.45) is 0. The van der Waals surface area contributed by atoms with Gasteiger partial charge in [0.1, 0.15) is 5.75 Å². The molecule has 0 saturated carbocycles.